The molecular weight excluding hydrogens is 398 g/mol. The molecule has 1 heterocycles. The van der Waals surface area contributed by atoms with E-state index < -0.39 is 11.7 Å². The third-order valence-electron chi connectivity index (χ3n) is 7.34. The molecule has 1 saturated heterocycles. The number of rotatable bonds is 4. The first-order valence-corrected chi connectivity index (χ1v) is 11.8. The lowest BCUT2D eigenvalue weighted by molar-refractivity contribution is -0.132. The van der Waals surface area contributed by atoms with Crippen LogP contribution in [0, 0.1) is 23.2 Å². The summed E-state index contributed by atoms with van der Waals surface area (Å²) in [5, 5.41) is 2.50. The number of piperazine rings is 1. The van der Waals surface area contributed by atoms with Crippen molar-refractivity contribution in [1.29, 1.82) is 0 Å². The van der Waals surface area contributed by atoms with Crippen LogP contribution in [0.15, 0.2) is 0 Å². The third-order valence-corrected chi connectivity index (χ3v) is 7.34. The van der Waals surface area contributed by atoms with Gasteiger partial charge in [-0.25, -0.2) is 9.59 Å². The lowest BCUT2D eigenvalue weighted by atomic mass is 9.50. The number of carbonyl (C=O) groups excluding carboxylic acids is 3. The van der Waals surface area contributed by atoms with Crippen LogP contribution in [0.25, 0.3) is 0 Å². The van der Waals surface area contributed by atoms with Gasteiger partial charge in [0.1, 0.15) is 12.1 Å². The molecule has 3 amide bonds. The van der Waals surface area contributed by atoms with Crippen LogP contribution in [-0.2, 0) is 14.3 Å². The average Bonchev–Trinajstić information content (AvgIpc) is 2.68. The summed E-state index contributed by atoms with van der Waals surface area (Å²) >= 11 is 0. The summed E-state index contributed by atoms with van der Waals surface area (Å²) in [6.07, 6.45) is 6.95. The number of hydrogen-bond donors (Lipinski definition) is 1. The van der Waals surface area contributed by atoms with Gasteiger partial charge in [-0.15, -0.1) is 0 Å². The molecule has 8 heteroatoms. The topological polar surface area (TPSA) is 88.2 Å². The van der Waals surface area contributed by atoms with E-state index in [0.717, 1.165) is 17.8 Å². The van der Waals surface area contributed by atoms with Gasteiger partial charge in [0.25, 0.3) is 0 Å². The van der Waals surface area contributed by atoms with Crippen molar-refractivity contribution < 1.29 is 23.9 Å². The Hall–Kier alpha value is -1.99. The van der Waals surface area contributed by atoms with E-state index in [4.69, 9.17) is 9.47 Å². The molecule has 1 aliphatic heterocycles. The number of hydrogen-bond acceptors (Lipinski definition) is 5. The second-order valence-electron chi connectivity index (χ2n) is 11.2. The van der Waals surface area contributed by atoms with Crippen molar-refractivity contribution in [3.8, 4) is 0 Å². The molecule has 5 aliphatic rings. The minimum atomic E-state index is -0.604. The summed E-state index contributed by atoms with van der Waals surface area (Å²) in [5.74, 6) is 2.35. The van der Waals surface area contributed by atoms with E-state index in [0.29, 0.717) is 32.8 Å². The zero-order valence-corrected chi connectivity index (χ0v) is 19.2. The van der Waals surface area contributed by atoms with Crippen molar-refractivity contribution in [1.82, 2.24) is 15.1 Å². The van der Waals surface area contributed by atoms with E-state index in [1.165, 1.54) is 38.5 Å². The van der Waals surface area contributed by atoms with E-state index in [2.05, 4.69) is 5.32 Å². The summed E-state index contributed by atoms with van der Waals surface area (Å²) in [4.78, 5) is 40.1. The largest absolute Gasteiger partial charge is 0.449 e. The monoisotopic (exact) mass is 435 g/mol. The Balaban J connectivity index is 1.17. The molecule has 0 atom stereocenters. The fourth-order valence-corrected chi connectivity index (χ4v) is 6.49. The van der Waals surface area contributed by atoms with Gasteiger partial charge in [-0.3, -0.25) is 4.79 Å². The molecule has 0 aromatic heterocycles. The van der Waals surface area contributed by atoms with Gasteiger partial charge >= 0.3 is 12.2 Å². The first kappa shape index (κ1) is 22.2. The molecule has 4 saturated carbocycles. The van der Waals surface area contributed by atoms with Crippen molar-refractivity contribution in [3.63, 3.8) is 0 Å². The van der Waals surface area contributed by atoms with E-state index in [1.807, 2.05) is 0 Å². The van der Waals surface area contributed by atoms with Gasteiger partial charge < -0.3 is 24.6 Å². The molecular formula is C23H37N3O5. The minimum Gasteiger partial charge on any atom is -0.449 e. The molecule has 0 unspecified atom stereocenters. The van der Waals surface area contributed by atoms with Crippen LogP contribution in [0.4, 0.5) is 9.59 Å². The maximum absolute atomic E-state index is 12.6. The van der Waals surface area contributed by atoms with Crippen LogP contribution in [0.3, 0.4) is 0 Å². The van der Waals surface area contributed by atoms with Crippen LogP contribution in [0.5, 0.6) is 0 Å². The second kappa shape index (κ2) is 8.51. The predicted molar refractivity (Wildman–Crippen MR) is 114 cm³/mol. The van der Waals surface area contributed by atoms with E-state index in [1.54, 1.807) is 30.6 Å². The lowest BCUT2D eigenvalue weighted by Gasteiger charge is -2.56. The Morgan fingerprint density at radius 2 is 1.42 bits per heavy atom. The van der Waals surface area contributed by atoms with Crippen LogP contribution in [-0.4, -0.2) is 72.8 Å². The van der Waals surface area contributed by atoms with Crippen molar-refractivity contribution >= 4 is 18.1 Å². The van der Waals surface area contributed by atoms with Crippen molar-refractivity contribution in [2.24, 2.45) is 23.2 Å². The molecule has 5 fully saturated rings. The number of ether oxygens (including phenoxy) is 2. The Labute approximate surface area is 185 Å². The first-order valence-electron chi connectivity index (χ1n) is 11.8. The average molecular weight is 436 g/mol. The van der Waals surface area contributed by atoms with Crippen molar-refractivity contribution in [2.45, 2.75) is 64.9 Å². The van der Waals surface area contributed by atoms with Crippen molar-refractivity contribution in [3.05, 3.63) is 0 Å². The highest BCUT2D eigenvalue weighted by molar-refractivity contribution is 5.82. The zero-order chi connectivity index (χ0) is 22.2. The van der Waals surface area contributed by atoms with Gasteiger partial charge in [-0.1, -0.05) is 0 Å². The third kappa shape index (κ3) is 5.44. The summed E-state index contributed by atoms with van der Waals surface area (Å²) in [7, 11) is 0. The summed E-state index contributed by atoms with van der Waals surface area (Å²) in [6, 6.07) is 0. The second-order valence-corrected chi connectivity index (χ2v) is 11.2. The van der Waals surface area contributed by atoms with Gasteiger partial charge in [0.05, 0.1) is 6.61 Å². The molecule has 0 radical (unpaired) electrons. The highest BCUT2D eigenvalue weighted by Gasteiger charge is 2.51. The highest BCUT2D eigenvalue weighted by Crippen LogP contribution is 2.60. The van der Waals surface area contributed by atoms with Crippen LogP contribution < -0.4 is 5.32 Å². The molecule has 31 heavy (non-hydrogen) atoms. The summed E-state index contributed by atoms with van der Waals surface area (Å²) in [6.45, 7) is 7.57. The molecule has 174 valence electrons. The fourth-order valence-electron chi connectivity index (χ4n) is 6.49. The van der Waals surface area contributed by atoms with Gasteiger partial charge in [0, 0.05) is 31.6 Å². The first-order chi connectivity index (χ1) is 14.6. The Bertz CT molecular complexity index is 673. The van der Waals surface area contributed by atoms with E-state index in [9.17, 15) is 14.4 Å². The molecule has 8 nitrogen and oxygen atoms in total. The molecule has 5 rings (SSSR count). The predicted octanol–water partition coefficient (Wildman–Crippen LogP) is 3.01. The van der Waals surface area contributed by atoms with Crippen LogP contribution in [0.2, 0.25) is 0 Å². The zero-order valence-electron chi connectivity index (χ0n) is 19.2. The van der Waals surface area contributed by atoms with Gasteiger partial charge in [-0.2, -0.15) is 0 Å². The Kier molecular flexibility index (Phi) is 6.10. The molecule has 4 bridgehead atoms. The Morgan fingerprint density at radius 3 is 1.94 bits per heavy atom. The summed E-state index contributed by atoms with van der Waals surface area (Å²) in [5.41, 5.74) is -0.384. The van der Waals surface area contributed by atoms with Crippen LogP contribution >= 0.6 is 0 Å². The maximum atomic E-state index is 12.6. The maximum Gasteiger partial charge on any atom is 0.409 e. The quantitative estimate of drug-likeness (QED) is 0.733. The van der Waals surface area contributed by atoms with Gasteiger partial charge in [-0.05, 0) is 77.0 Å². The fraction of sp³-hybridized carbons (Fsp3) is 0.870. The van der Waals surface area contributed by atoms with Crippen LogP contribution in [0.1, 0.15) is 59.3 Å². The number of alkyl carbamates (subject to hydrolysis) is 1. The minimum absolute atomic E-state index is 0.106. The van der Waals surface area contributed by atoms with Crippen molar-refractivity contribution in [2.75, 3.05) is 39.3 Å². The van der Waals surface area contributed by atoms with Gasteiger partial charge in [0.15, 0.2) is 0 Å². The number of nitrogens with one attached hydrogen (secondary N) is 1. The number of amides is 3. The standard InChI is InChI=1S/C23H37N3O5/c1-22(2,3)31-20(28)24-14-19(27)25-4-6-26(7-5-25)21(29)30-15-23-11-16-8-17(12-23)10-18(9-16)13-23/h16-18H,4-15H2,1-3H3,(H,24,28). The highest BCUT2D eigenvalue weighted by atomic mass is 16.6. The summed E-state index contributed by atoms with van der Waals surface area (Å²) < 4.78 is 10.9. The van der Waals surface area contributed by atoms with E-state index in [-0.39, 0.29) is 24.0 Å². The molecule has 4 aliphatic carbocycles. The molecule has 0 spiro atoms. The number of carbonyl (C=O) groups is 3. The van der Waals surface area contributed by atoms with E-state index >= 15 is 0 Å². The molecule has 1 N–H and O–H groups in total. The SMILES string of the molecule is CC(C)(C)OC(=O)NCC(=O)N1CCN(C(=O)OCC23CC4CC(CC(C4)C2)C3)CC1. The molecule has 0 aromatic rings. The van der Waals surface area contributed by atoms with Gasteiger partial charge in [0.2, 0.25) is 5.91 Å². The smallest absolute Gasteiger partial charge is 0.409 e. The molecule has 0 aromatic carbocycles. The number of nitrogens with zero attached hydrogens (tertiary/aromatic N) is 2. The lowest BCUT2D eigenvalue weighted by Crippen LogP contribution is -2.53. The Morgan fingerprint density at radius 1 is 0.903 bits per heavy atom. The normalized spacial score (nSPS) is 32.0.